The van der Waals surface area contributed by atoms with Crippen molar-refractivity contribution in [3.63, 3.8) is 0 Å². The number of ether oxygens (including phenoxy) is 2. The average Bonchev–Trinajstić information content (AvgIpc) is 2.42. The van der Waals surface area contributed by atoms with E-state index >= 15 is 0 Å². The summed E-state index contributed by atoms with van der Waals surface area (Å²) < 4.78 is 33.7. The Hall–Kier alpha value is -0.950. The predicted molar refractivity (Wildman–Crippen MR) is 83.7 cm³/mol. The number of sulfonamides is 1. The zero-order chi connectivity index (χ0) is 15.9. The van der Waals surface area contributed by atoms with Crippen molar-refractivity contribution < 1.29 is 17.9 Å². The van der Waals surface area contributed by atoms with Gasteiger partial charge in [0, 0.05) is 19.6 Å². The van der Waals surface area contributed by atoms with Crippen molar-refractivity contribution in [2.45, 2.75) is 31.8 Å². The van der Waals surface area contributed by atoms with Crippen LogP contribution in [0.15, 0.2) is 30.3 Å². The molecule has 120 valence electrons. The summed E-state index contributed by atoms with van der Waals surface area (Å²) in [6.07, 6.45) is 0.736. The van der Waals surface area contributed by atoms with Gasteiger partial charge in [0.25, 0.3) is 0 Å². The fourth-order valence-electron chi connectivity index (χ4n) is 1.89. The van der Waals surface area contributed by atoms with Crippen LogP contribution in [-0.2, 0) is 19.5 Å². The predicted octanol–water partition coefficient (Wildman–Crippen LogP) is 1.89. The number of primary sulfonamides is 1. The Morgan fingerprint density at radius 2 is 1.86 bits per heavy atom. The normalized spacial score (nSPS) is 14.1. The molecule has 1 unspecified atom stereocenters. The summed E-state index contributed by atoms with van der Waals surface area (Å²) in [5.41, 5.74) is 0.667. The first-order valence-corrected chi connectivity index (χ1v) is 8.63. The molecule has 1 aromatic rings. The summed E-state index contributed by atoms with van der Waals surface area (Å²) in [4.78, 5) is 0. The zero-order valence-electron chi connectivity index (χ0n) is 12.9. The van der Waals surface area contributed by atoms with Crippen LogP contribution < -0.4 is 5.14 Å². The van der Waals surface area contributed by atoms with Gasteiger partial charge in [0.1, 0.15) is 0 Å². The van der Waals surface area contributed by atoms with E-state index in [2.05, 4.69) is 0 Å². The quantitative estimate of drug-likeness (QED) is 0.706. The molecule has 1 aromatic carbocycles. The molecule has 0 heterocycles. The molecular weight excluding hydrogens is 290 g/mol. The topological polar surface area (TPSA) is 78.6 Å². The maximum absolute atomic E-state index is 11.4. The molecule has 0 aliphatic carbocycles. The van der Waals surface area contributed by atoms with Gasteiger partial charge in [-0.25, -0.2) is 13.6 Å². The molecule has 0 aromatic heterocycles. The molecule has 1 atom stereocenters. The number of benzene rings is 1. The monoisotopic (exact) mass is 315 g/mol. The third kappa shape index (κ3) is 7.57. The zero-order valence-corrected chi connectivity index (χ0v) is 13.7. The maximum Gasteiger partial charge on any atom is 0.209 e. The molecule has 0 amide bonds. The van der Waals surface area contributed by atoms with Gasteiger partial charge in [-0.2, -0.15) is 0 Å². The lowest BCUT2D eigenvalue weighted by Gasteiger charge is -2.23. The van der Waals surface area contributed by atoms with Crippen molar-refractivity contribution in [3.05, 3.63) is 35.9 Å². The van der Waals surface area contributed by atoms with E-state index in [0.29, 0.717) is 13.2 Å². The smallest absolute Gasteiger partial charge is 0.209 e. The lowest BCUT2D eigenvalue weighted by molar-refractivity contribution is -0.0110. The molecular formula is C15H25NO4S. The molecule has 0 saturated carbocycles. The fourth-order valence-corrected chi connectivity index (χ4v) is 2.74. The average molecular weight is 315 g/mol. The van der Waals surface area contributed by atoms with Crippen LogP contribution in [0.2, 0.25) is 0 Å². The Kier molecular flexibility index (Phi) is 6.80. The van der Waals surface area contributed by atoms with Crippen LogP contribution in [-0.4, -0.2) is 40.1 Å². The highest BCUT2D eigenvalue weighted by Crippen LogP contribution is 2.19. The van der Waals surface area contributed by atoms with Gasteiger partial charge in [0.05, 0.1) is 18.0 Å². The third-order valence-corrected chi connectivity index (χ3v) is 4.29. The highest BCUT2D eigenvalue weighted by molar-refractivity contribution is 7.89. The van der Waals surface area contributed by atoms with Crippen molar-refractivity contribution in [1.82, 2.24) is 0 Å². The Labute approximate surface area is 127 Å². The van der Waals surface area contributed by atoms with E-state index in [1.807, 2.05) is 44.2 Å². The molecule has 0 aliphatic heterocycles. The van der Waals surface area contributed by atoms with E-state index in [4.69, 9.17) is 14.6 Å². The van der Waals surface area contributed by atoms with Gasteiger partial charge in [0.15, 0.2) is 0 Å². The van der Waals surface area contributed by atoms with Crippen LogP contribution in [0, 0.1) is 0 Å². The number of hydrogen-bond acceptors (Lipinski definition) is 4. The number of methoxy groups -OCH3 is 1. The van der Waals surface area contributed by atoms with Gasteiger partial charge in [-0.3, -0.25) is 0 Å². The summed E-state index contributed by atoms with van der Waals surface area (Å²) in [5, 5.41) is 5.17. The minimum Gasteiger partial charge on any atom is -0.381 e. The van der Waals surface area contributed by atoms with E-state index in [1.165, 1.54) is 0 Å². The second kappa shape index (κ2) is 7.89. The van der Waals surface area contributed by atoms with Crippen molar-refractivity contribution in [2.75, 3.05) is 26.1 Å². The van der Waals surface area contributed by atoms with E-state index in [-0.39, 0.29) is 17.3 Å². The highest BCUT2D eigenvalue weighted by atomic mass is 32.2. The first-order chi connectivity index (χ1) is 9.73. The van der Waals surface area contributed by atoms with Gasteiger partial charge < -0.3 is 9.47 Å². The molecule has 2 N–H and O–H groups in total. The van der Waals surface area contributed by atoms with E-state index < -0.39 is 10.0 Å². The number of hydrogen-bond donors (Lipinski definition) is 1. The van der Waals surface area contributed by atoms with E-state index in [0.717, 1.165) is 12.0 Å². The fraction of sp³-hybridized carbons (Fsp3) is 0.600. The maximum atomic E-state index is 11.4. The first kappa shape index (κ1) is 18.1. The van der Waals surface area contributed by atoms with Crippen molar-refractivity contribution in [3.8, 4) is 0 Å². The molecule has 0 aliphatic rings. The molecule has 0 radical (unpaired) electrons. The van der Waals surface area contributed by atoms with E-state index in [1.54, 1.807) is 7.11 Å². The minimum atomic E-state index is -3.55. The molecule has 0 bridgehead atoms. The summed E-state index contributed by atoms with van der Waals surface area (Å²) in [6, 6.07) is 9.41. The standard InChI is InChI=1S/C15H25NO4S/c1-15(2,19-3)9-10-20-11-14(12-21(16,17)18)13-7-5-4-6-8-13/h4-8,14H,9-12H2,1-3H3,(H2,16,17,18). The Morgan fingerprint density at radius 1 is 1.24 bits per heavy atom. The van der Waals surface area contributed by atoms with Crippen molar-refractivity contribution in [2.24, 2.45) is 5.14 Å². The van der Waals surface area contributed by atoms with Crippen LogP contribution in [0.3, 0.4) is 0 Å². The van der Waals surface area contributed by atoms with Crippen molar-refractivity contribution in [1.29, 1.82) is 0 Å². The summed E-state index contributed by atoms with van der Waals surface area (Å²) in [5.74, 6) is -0.378. The Bertz CT molecular complexity index is 514. The van der Waals surface area contributed by atoms with E-state index in [9.17, 15) is 8.42 Å². The Balaban J connectivity index is 2.59. The van der Waals surface area contributed by atoms with Crippen LogP contribution >= 0.6 is 0 Å². The molecule has 6 heteroatoms. The lowest BCUT2D eigenvalue weighted by atomic mass is 10.0. The minimum absolute atomic E-state index is 0.120. The highest BCUT2D eigenvalue weighted by Gasteiger charge is 2.20. The summed E-state index contributed by atoms with van der Waals surface area (Å²) in [7, 11) is -1.89. The lowest BCUT2D eigenvalue weighted by Crippen LogP contribution is -2.27. The second-order valence-electron chi connectivity index (χ2n) is 5.73. The van der Waals surface area contributed by atoms with Gasteiger partial charge in [0.2, 0.25) is 10.0 Å². The van der Waals surface area contributed by atoms with Crippen LogP contribution in [0.5, 0.6) is 0 Å². The molecule has 5 nitrogen and oxygen atoms in total. The Morgan fingerprint density at radius 3 is 2.38 bits per heavy atom. The summed E-state index contributed by atoms with van der Waals surface area (Å²) in [6.45, 7) is 4.79. The van der Waals surface area contributed by atoms with Crippen molar-refractivity contribution >= 4 is 10.0 Å². The molecule has 0 fully saturated rings. The van der Waals surface area contributed by atoms with Crippen LogP contribution in [0.1, 0.15) is 31.7 Å². The number of rotatable bonds is 9. The summed E-state index contributed by atoms with van der Waals surface area (Å²) >= 11 is 0. The number of nitrogens with two attached hydrogens (primary N) is 1. The molecule has 0 saturated heterocycles. The van der Waals surface area contributed by atoms with Gasteiger partial charge in [-0.1, -0.05) is 30.3 Å². The molecule has 1 rings (SSSR count). The van der Waals surface area contributed by atoms with Gasteiger partial charge in [-0.15, -0.1) is 0 Å². The largest absolute Gasteiger partial charge is 0.381 e. The molecule has 0 spiro atoms. The molecule has 21 heavy (non-hydrogen) atoms. The van der Waals surface area contributed by atoms with Crippen LogP contribution in [0.4, 0.5) is 0 Å². The third-order valence-electron chi connectivity index (χ3n) is 3.42. The van der Waals surface area contributed by atoms with Gasteiger partial charge >= 0.3 is 0 Å². The van der Waals surface area contributed by atoms with Gasteiger partial charge in [-0.05, 0) is 25.8 Å². The van der Waals surface area contributed by atoms with Crippen LogP contribution in [0.25, 0.3) is 0 Å². The second-order valence-corrected chi connectivity index (χ2v) is 7.38. The first-order valence-electron chi connectivity index (χ1n) is 6.92. The SMILES string of the molecule is COC(C)(C)CCOCC(CS(N)(=O)=O)c1ccccc1.